The molecule has 94 valence electrons. The summed E-state index contributed by atoms with van der Waals surface area (Å²) >= 11 is 1.39. The number of anilines is 1. The third-order valence-electron chi connectivity index (χ3n) is 2.30. The fraction of sp³-hybridized carbons (Fsp3) is 0.167. The van der Waals surface area contributed by atoms with E-state index in [1.54, 1.807) is 19.4 Å². The lowest BCUT2D eigenvalue weighted by Crippen LogP contribution is -1.96. The fourth-order valence-corrected chi connectivity index (χ4v) is 2.31. The van der Waals surface area contributed by atoms with Gasteiger partial charge < -0.3 is 10.5 Å². The largest absolute Gasteiger partial charge is 0.496 e. The highest BCUT2D eigenvalue weighted by Gasteiger charge is 2.08. The Kier molecular flexibility index (Phi) is 3.99. The summed E-state index contributed by atoms with van der Waals surface area (Å²) in [5, 5.41) is 0.629. The summed E-state index contributed by atoms with van der Waals surface area (Å²) in [5.41, 5.74) is 6.44. The minimum absolute atomic E-state index is 0.293. The molecule has 6 heteroatoms. The number of hydrogen-bond donors (Lipinski definition) is 1. The Balaban J connectivity index is 2.15. The van der Waals surface area contributed by atoms with E-state index in [0.29, 0.717) is 22.3 Å². The Morgan fingerprint density at radius 1 is 1.33 bits per heavy atom. The predicted octanol–water partition coefficient (Wildman–Crippen LogP) is 2.50. The smallest absolute Gasteiger partial charge is 0.156 e. The summed E-state index contributed by atoms with van der Waals surface area (Å²) in [4.78, 5) is 8.05. The van der Waals surface area contributed by atoms with Crippen LogP contribution in [0.2, 0.25) is 0 Å². The maximum atomic E-state index is 13.2. The first-order valence-corrected chi connectivity index (χ1v) is 6.21. The molecule has 1 aromatic carbocycles. The summed E-state index contributed by atoms with van der Waals surface area (Å²) in [6.45, 7) is 0. The first kappa shape index (κ1) is 12.6. The number of thioether (sulfide) groups is 1. The van der Waals surface area contributed by atoms with E-state index in [1.807, 2.05) is 0 Å². The number of nitrogen functional groups attached to an aromatic ring is 1. The zero-order valence-corrected chi connectivity index (χ0v) is 10.6. The molecule has 1 heterocycles. The average molecular weight is 265 g/mol. The summed E-state index contributed by atoms with van der Waals surface area (Å²) in [7, 11) is 1.55. The van der Waals surface area contributed by atoms with Gasteiger partial charge in [-0.15, -0.1) is 0 Å². The Hall–Kier alpha value is -1.82. The molecule has 18 heavy (non-hydrogen) atoms. The van der Waals surface area contributed by atoms with Crippen molar-refractivity contribution in [2.75, 3.05) is 12.8 Å². The fourth-order valence-electron chi connectivity index (χ4n) is 1.45. The summed E-state index contributed by atoms with van der Waals surface area (Å²) < 4.78 is 18.3. The molecule has 0 spiro atoms. The van der Waals surface area contributed by atoms with Gasteiger partial charge in [0.2, 0.25) is 0 Å². The SMILES string of the molecule is COc1ccc(F)cc1CSc1nccnc1N. The number of ether oxygens (including phenoxy) is 1. The van der Waals surface area contributed by atoms with Crippen LogP contribution in [-0.4, -0.2) is 17.1 Å². The molecule has 0 atom stereocenters. The van der Waals surface area contributed by atoms with Crippen LogP contribution >= 0.6 is 11.8 Å². The van der Waals surface area contributed by atoms with Crippen molar-refractivity contribution in [1.29, 1.82) is 0 Å². The van der Waals surface area contributed by atoms with Gasteiger partial charge in [0, 0.05) is 23.7 Å². The van der Waals surface area contributed by atoms with Gasteiger partial charge in [-0.1, -0.05) is 11.8 Å². The summed E-state index contributed by atoms with van der Waals surface area (Å²) in [6.07, 6.45) is 3.10. The van der Waals surface area contributed by atoms with Crippen LogP contribution in [0, 0.1) is 5.82 Å². The van der Waals surface area contributed by atoms with E-state index in [-0.39, 0.29) is 5.82 Å². The van der Waals surface area contributed by atoms with Crippen LogP contribution in [0.4, 0.5) is 10.2 Å². The van der Waals surface area contributed by atoms with E-state index in [0.717, 1.165) is 5.56 Å². The molecule has 2 rings (SSSR count). The van der Waals surface area contributed by atoms with Crippen LogP contribution in [-0.2, 0) is 5.75 Å². The van der Waals surface area contributed by atoms with E-state index in [9.17, 15) is 4.39 Å². The van der Waals surface area contributed by atoms with Crippen molar-refractivity contribution in [3.05, 3.63) is 42.0 Å². The average Bonchev–Trinajstić information content (AvgIpc) is 2.38. The lowest BCUT2D eigenvalue weighted by atomic mass is 10.2. The second-order valence-electron chi connectivity index (χ2n) is 3.49. The van der Waals surface area contributed by atoms with Gasteiger partial charge in [0.25, 0.3) is 0 Å². The third-order valence-corrected chi connectivity index (χ3v) is 3.34. The normalized spacial score (nSPS) is 10.3. The van der Waals surface area contributed by atoms with Crippen molar-refractivity contribution in [2.24, 2.45) is 0 Å². The van der Waals surface area contributed by atoms with Crippen LogP contribution in [0.15, 0.2) is 35.6 Å². The number of rotatable bonds is 4. The van der Waals surface area contributed by atoms with Gasteiger partial charge in [-0.2, -0.15) is 0 Å². The number of benzene rings is 1. The number of halogens is 1. The maximum absolute atomic E-state index is 13.2. The number of aromatic nitrogens is 2. The molecule has 4 nitrogen and oxygen atoms in total. The Morgan fingerprint density at radius 2 is 2.11 bits per heavy atom. The van der Waals surface area contributed by atoms with Crippen LogP contribution in [0.25, 0.3) is 0 Å². The van der Waals surface area contributed by atoms with Crippen molar-refractivity contribution >= 4 is 17.6 Å². The minimum atomic E-state index is -0.293. The maximum Gasteiger partial charge on any atom is 0.156 e. The number of nitrogens with zero attached hydrogens (tertiary/aromatic N) is 2. The molecular formula is C12H12FN3OS. The third kappa shape index (κ3) is 2.89. The van der Waals surface area contributed by atoms with Crippen LogP contribution in [0.1, 0.15) is 5.56 Å². The van der Waals surface area contributed by atoms with Gasteiger partial charge in [0.15, 0.2) is 5.82 Å². The van der Waals surface area contributed by atoms with Crippen molar-refractivity contribution in [1.82, 2.24) is 9.97 Å². The van der Waals surface area contributed by atoms with Gasteiger partial charge in [-0.05, 0) is 18.2 Å². The lowest BCUT2D eigenvalue weighted by Gasteiger charge is -2.08. The second-order valence-corrected chi connectivity index (χ2v) is 4.46. The van der Waals surface area contributed by atoms with E-state index < -0.39 is 0 Å². The first-order valence-electron chi connectivity index (χ1n) is 5.22. The monoisotopic (exact) mass is 265 g/mol. The molecule has 2 N–H and O–H groups in total. The molecular weight excluding hydrogens is 253 g/mol. The lowest BCUT2D eigenvalue weighted by molar-refractivity contribution is 0.410. The molecule has 0 radical (unpaired) electrons. The number of methoxy groups -OCH3 is 1. The number of hydrogen-bond acceptors (Lipinski definition) is 5. The molecule has 2 aromatic rings. The Labute approximate surface area is 108 Å². The molecule has 0 aliphatic heterocycles. The van der Waals surface area contributed by atoms with E-state index >= 15 is 0 Å². The molecule has 0 fully saturated rings. The topological polar surface area (TPSA) is 61.0 Å². The molecule has 0 aliphatic carbocycles. The van der Waals surface area contributed by atoms with Gasteiger partial charge in [-0.25, -0.2) is 14.4 Å². The van der Waals surface area contributed by atoms with E-state index in [4.69, 9.17) is 10.5 Å². The molecule has 0 aliphatic rings. The summed E-state index contributed by atoms with van der Waals surface area (Å²) in [6, 6.07) is 4.41. The van der Waals surface area contributed by atoms with Crippen molar-refractivity contribution in [3.8, 4) is 5.75 Å². The highest BCUT2D eigenvalue weighted by molar-refractivity contribution is 7.98. The molecule has 0 saturated carbocycles. The quantitative estimate of drug-likeness (QED) is 0.861. The van der Waals surface area contributed by atoms with E-state index in [1.165, 1.54) is 30.1 Å². The molecule has 1 aromatic heterocycles. The summed E-state index contributed by atoms with van der Waals surface area (Å²) in [5.74, 6) is 1.24. The first-order chi connectivity index (χ1) is 8.70. The van der Waals surface area contributed by atoms with Gasteiger partial charge >= 0.3 is 0 Å². The Morgan fingerprint density at radius 3 is 2.83 bits per heavy atom. The molecule has 0 saturated heterocycles. The minimum Gasteiger partial charge on any atom is -0.496 e. The van der Waals surface area contributed by atoms with Crippen LogP contribution in [0.3, 0.4) is 0 Å². The van der Waals surface area contributed by atoms with Crippen LogP contribution in [0.5, 0.6) is 5.75 Å². The molecule has 0 bridgehead atoms. The standard InChI is InChI=1S/C12H12FN3OS/c1-17-10-3-2-9(13)6-8(10)7-18-12-11(14)15-4-5-16-12/h2-6H,7H2,1H3,(H2,14,15). The highest BCUT2D eigenvalue weighted by Crippen LogP contribution is 2.29. The van der Waals surface area contributed by atoms with Crippen LogP contribution < -0.4 is 10.5 Å². The number of nitrogens with two attached hydrogens (primary N) is 1. The van der Waals surface area contributed by atoms with Crippen molar-refractivity contribution in [2.45, 2.75) is 10.8 Å². The second kappa shape index (κ2) is 5.68. The van der Waals surface area contributed by atoms with E-state index in [2.05, 4.69) is 9.97 Å². The van der Waals surface area contributed by atoms with Crippen molar-refractivity contribution in [3.63, 3.8) is 0 Å². The molecule has 0 amide bonds. The van der Waals surface area contributed by atoms with Crippen molar-refractivity contribution < 1.29 is 9.13 Å². The van der Waals surface area contributed by atoms with Gasteiger partial charge in [-0.3, -0.25) is 0 Å². The Bertz CT molecular complexity index is 551. The predicted molar refractivity (Wildman–Crippen MR) is 69.0 cm³/mol. The highest BCUT2D eigenvalue weighted by atomic mass is 32.2. The van der Waals surface area contributed by atoms with Gasteiger partial charge in [0.05, 0.1) is 7.11 Å². The zero-order chi connectivity index (χ0) is 13.0. The zero-order valence-electron chi connectivity index (χ0n) is 9.76. The van der Waals surface area contributed by atoms with Gasteiger partial charge in [0.1, 0.15) is 16.6 Å². The molecule has 0 unspecified atom stereocenters.